The summed E-state index contributed by atoms with van der Waals surface area (Å²) in [4.78, 5) is 39.4. The molecule has 5 nitrogen and oxygen atoms in total. The Kier molecular flexibility index (Phi) is 5.95. The molecule has 1 N–H and O–H groups in total. The number of carbonyl (C=O) groups is 3. The highest BCUT2D eigenvalue weighted by atomic mass is 32.2. The molecular weight excluding hydrogens is 396 g/mol. The van der Waals surface area contributed by atoms with Crippen LogP contribution < -0.4 is 10.2 Å². The van der Waals surface area contributed by atoms with Gasteiger partial charge in [0.05, 0.1) is 17.4 Å². The number of nitrogens with zero attached hydrogens (tertiary/aromatic N) is 1. The van der Waals surface area contributed by atoms with Gasteiger partial charge in [-0.1, -0.05) is 48.5 Å². The van der Waals surface area contributed by atoms with Crippen molar-refractivity contribution in [1.29, 1.82) is 0 Å². The average molecular weight is 417 g/mol. The van der Waals surface area contributed by atoms with Gasteiger partial charge in [-0.25, -0.2) is 4.90 Å². The molecule has 4 rings (SSSR count). The molecule has 0 aliphatic carbocycles. The molecule has 3 aromatic carbocycles. The summed E-state index contributed by atoms with van der Waals surface area (Å²) in [5.41, 5.74) is 2.25. The quantitative estimate of drug-likeness (QED) is 0.609. The minimum Gasteiger partial charge on any atom is -0.326 e. The summed E-state index contributed by atoms with van der Waals surface area (Å²) < 4.78 is 0. The highest BCUT2D eigenvalue weighted by Crippen LogP contribution is 2.34. The fraction of sp³-hybridized carbons (Fsp3) is 0.125. The van der Waals surface area contributed by atoms with Crippen LogP contribution in [0.3, 0.4) is 0 Å². The van der Waals surface area contributed by atoms with Crippen LogP contribution >= 0.6 is 11.8 Å². The van der Waals surface area contributed by atoms with Crippen LogP contribution in [0.4, 0.5) is 11.4 Å². The molecule has 150 valence electrons. The Morgan fingerprint density at radius 3 is 2.20 bits per heavy atom. The summed E-state index contributed by atoms with van der Waals surface area (Å²) in [6.45, 7) is 0. The van der Waals surface area contributed by atoms with Gasteiger partial charge in [0.2, 0.25) is 17.7 Å². The second-order valence-electron chi connectivity index (χ2n) is 6.95. The Morgan fingerprint density at radius 1 is 0.900 bits per heavy atom. The van der Waals surface area contributed by atoms with Crippen LogP contribution in [0.5, 0.6) is 0 Å². The van der Waals surface area contributed by atoms with E-state index in [4.69, 9.17) is 0 Å². The molecule has 0 spiro atoms. The van der Waals surface area contributed by atoms with Crippen molar-refractivity contribution in [2.75, 3.05) is 10.2 Å². The van der Waals surface area contributed by atoms with Gasteiger partial charge in [-0.3, -0.25) is 14.4 Å². The lowest BCUT2D eigenvalue weighted by Crippen LogP contribution is -2.30. The number of amides is 3. The maximum Gasteiger partial charge on any atom is 0.247 e. The average Bonchev–Trinajstić information content (AvgIpc) is 3.03. The maximum absolute atomic E-state index is 12.7. The van der Waals surface area contributed by atoms with Gasteiger partial charge in [-0.2, -0.15) is 0 Å². The number of nitrogens with one attached hydrogen (secondary N) is 1. The zero-order chi connectivity index (χ0) is 20.9. The standard InChI is InChI=1S/C24H20N2O3S/c27-22(15-17-7-3-1-4-8-17)25-18-11-13-20(14-12-18)30-21-16-23(28)26(24(21)29)19-9-5-2-6-10-19/h1-14,21H,15-16H2,(H,25,27)/t21-/m1/s1. The van der Waals surface area contributed by atoms with Crippen molar-refractivity contribution in [2.45, 2.75) is 23.0 Å². The summed E-state index contributed by atoms with van der Waals surface area (Å²) >= 11 is 1.37. The van der Waals surface area contributed by atoms with Crippen LogP contribution in [0.1, 0.15) is 12.0 Å². The molecule has 1 fully saturated rings. The van der Waals surface area contributed by atoms with E-state index in [2.05, 4.69) is 5.32 Å². The normalized spacial score (nSPS) is 16.0. The van der Waals surface area contributed by atoms with Crippen LogP contribution in [-0.2, 0) is 20.8 Å². The molecule has 1 saturated heterocycles. The molecule has 1 aliphatic rings. The molecule has 6 heteroatoms. The van der Waals surface area contributed by atoms with Crippen molar-refractivity contribution in [3.63, 3.8) is 0 Å². The van der Waals surface area contributed by atoms with E-state index in [-0.39, 0.29) is 24.1 Å². The summed E-state index contributed by atoms with van der Waals surface area (Å²) in [7, 11) is 0. The Balaban J connectivity index is 1.36. The molecule has 3 amide bonds. The van der Waals surface area contributed by atoms with Crippen molar-refractivity contribution in [3.8, 4) is 0 Å². The molecule has 0 unspecified atom stereocenters. The number of benzene rings is 3. The fourth-order valence-electron chi connectivity index (χ4n) is 3.31. The molecule has 0 aromatic heterocycles. The maximum atomic E-state index is 12.7. The zero-order valence-corrected chi connectivity index (χ0v) is 17.0. The van der Waals surface area contributed by atoms with Crippen molar-refractivity contribution in [3.05, 3.63) is 90.5 Å². The first-order chi connectivity index (χ1) is 14.6. The molecule has 0 radical (unpaired) electrons. The van der Waals surface area contributed by atoms with Gasteiger partial charge in [0.25, 0.3) is 0 Å². The SMILES string of the molecule is O=C(Cc1ccccc1)Nc1ccc(S[C@@H]2CC(=O)N(c3ccccc3)C2=O)cc1. The zero-order valence-electron chi connectivity index (χ0n) is 16.2. The van der Waals surface area contributed by atoms with Crippen molar-refractivity contribution in [1.82, 2.24) is 0 Å². The molecule has 0 bridgehead atoms. The number of rotatable bonds is 6. The number of para-hydroxylation sites is 1. The molecule has 30 heavy (non-hydrogen) atoms. The first-order valence-corrected chi connectivity index (χ1v) is 10.5. The van der Waals surface area contributed by atoms with E-state index >= 15 is 0 Å². The largest absolute Gasteiger partial charge is 0.326 e. The number of anilines is 2. The Morgan fingerprint density at radius 2 is 1.53 bits per heavy atom. The molecule has 3 aromatic rings. The summed E-state index contributed by atoms with van der Waals surface area (Å²) in [6, 6.07) is 25.9. The van der Waals surface area contributed by atoms with E-state index in [9.17, 15) is 14.4 Å². The van der Waals surface area contributed by atoms with E-state index in [0.717, 1.165) is 10.5 Å². The van der Waals surface area contributed by atoms with Gasteiger partial charge in [-0.05, 0) is 42.0 Å². The van der Waals surface area contributed by atoms with E-state index in [1.165, 1.54) is 16.7 Å². The molecule has 0 saturated carbocycles. The van der Waals surface area contributed by atoms with Crippen molar-refractivity contribution >= 4 is 40.9 Å². The second kappa shape index (κ2) is 8.97. The van der Waals surface area contributed by atoms with E-state index in [0.29, 0.717) is 17.8 Å². The van der Waals surface area contributed by atoms with Crippen LogP contribution in [-0.4, -0.2) is 23.0 Å². The molecule has 1 atom stereocenters. The predicted molar refractivity (Wildman–Crippen MR) is 118 cm³/mol. The Hall–Kier alpha value is -3.38. The lowest BCUT2D eigenvalue weighted by Gasteiger charge is -2.14. The third kappa shape index (κ3) is 4.60. The Labute approximate surface area is 179 Å². The number of hydrogen-bond acceptors (Lipinski definition) is 4. The number of hydrogen-bond donors (Lipinski definition) is 1. The van der Waals surface area contributed by atoms with Gasteiger partial charge in [0, 0.05) is 17.0 Å². The van der Waals surface area contributed by atoms with Crippen LogP contribution in [0.15, 0.2) is 89.8 Å². The first-order valence-electron chi connectivity index (χ1n) is 9.62. The van der Waals surface area contributed by atoms with Gasteiger partial charge in [-0.15, -0.1) is 11.8 Å². The lowest BCUT2D eigenvalue weighted by molar-refractivity contribution is -0.121. The second-order valence-corrected chi connectivity index (χ2v) is 8.22. The summed E-state index contributed by atoms with van der Waals surface area (Å²) in [5, 5.41) is 2.43. The minimum atomic E-state index is -0.448. The Bertz CT molecular complexity index is 1050. The van der Waals surface area contributed by atoms with Crippen LogP contribution in [0.25, 0.3) is 0 Å². The smallest absolute Gasteiger partial charge is 0.247 e. The third-order valence-electron chi connectivity index (χ3n) is 4.74. The number of carbonyl (C=O) groups excluding carboxylic acids is 3. The van der Waals surface area contributed by atoms with Crippen LogP contribution in [0.2, 0.25) is 0 Å². The minimum absolute atomic E-state index is 0.0864. The van der Waals surface area contributed by atoms with Gasteiger partial charge < -0.3 is 5.32 Å². The molecule has 1 aliphatic heterocycles. The monoisotopic (exact) mass is 416 g/mol. The first kappa shape index (κ1) is 19.9. The van der Waals surface area contributed by atoms with Crippen LogP contribution in [0, 0.1) is 0 Å². The summed E-state index contributed by atoms with van der Waals surface area (Å²) in [6.07, 6.45) is 0.485. The van der Waals surface area contributed by atoms with Gasteiger partial charge in [0.15, 0.2) is 0 Å². The van der Waals surface area contributed by atoms with Crippen molar-refractivity contribution in [2.24, 2.45) is 0 Å². The fourth-order valence-corrected chi connectivity index (χ4v) is 4.37. The topological polar surface area (TPSA) is 66.5 Å². The highest BCUT2D eigenvalue weighted by Gasteiger charge is 2.40. The van der Waals surface area contributed by atoms with Gasteiger partial charge >= 0.3 is 0 Å². The van der Waals surface area contributed by atoms with E-state index < -0.39 is 5.25 Å². The van der Waals surface area contributed by atoms with Crippen molar-refractivity contribution < 1.29 is 14.4 Å². The number of thioether (sulfide) groups is 1. The lowest BCUT2D eigenvalue weighted by atomic mass is 10.1. The number of imide groups is 1. The van der Waals surface area contributed by atoms with E-state index in [1.807, 2.05) is 48.5 Å². The summed E-state index contributed by atoms with van der Waals surface area (Å²) in [5.74, 6) is -0.471. The van der Waals surface area contributed by atoms with Gasteiger partial charge in [0.1, 0.15) is 0 Å². The third-order valence-corrected chi connectivity index (χ3v) is 5.94. The molecule has 1 heterocycles. The van der Waals surface area contributed by atoms with E-state index in [1.54, 1.807) is 36.4 Å². The highest BCUT2D eigenvalue weighted by molar-refractivity contribution is 8.00. The predicted octanol–water partition coefficient (Wildman–Crippen LogP) is 4.29. The molecular formula is C24H20N2O3S.